The second-order valence-corrected chi connectivity index (χ2v) is 7.68. The maximum Gasteiger partial charge on any atom is 0.159 e. The van der Waals surface area contributed by atoms with Crippen LogP contribution in [0.1, 0.15) is 16.7 Å². The molecule has 0 spiro atoms. The highest BCUT2D eigenvalue weighted by atomic mass is 16.5. The third-order valence-electron chi connectivity index (χ3n) is 5.40. The lowest BCUT2D eigenvalue weighted by molar-refractivity contribution is 0.415. The molecule has 0 amide bonds. The van der Waals surface area contributed by atoms with E-state index in [9.17, 15) is 0 Å². The number of benzene rings is 3. The van der Waals surface area contributed by atoms with Crippen molar-refractivity contribution in [2.24, 2.45) is 0 Å². The second kappa shape index (κ2) is 8.07. The summed E-state index contributed by atoms with van der Waals surface area (Å²) in [5.74, 6) is 2.58. The summed E-state index contributed by atoms with van der Waals surface area (Å²) < 4.78 is 5.33. The van der Waals surface area contributed by atoms with E-state index >= 15 is 0 Å². The normalized spacial score (nSPS) is 10.8. The van der Waals surface area contributed by atoms with Gasteiger partial charge in [0.05, 0.1) is 12.8 Å². The van der Waals surface area contributed by atoms with Crippen LogP contribution in [0.15, 0.2) is 66.7 Å². The Morgan fingerprint density at radius 3 is 2.07 bits per heavy atom. The maximum absolute atomic E-state index is 5.33. The molecule has 4 aromatic rings. The van der Waals surface area contributed by atoms with Crippen LogP contribution < -0.4 is 9.64 Å². The van der Waals surface area contributed by atoms with Crippen LogP contribution in [0.4, 0.5) is 11.5 Å². The fourth-order valence-electron chi connectivity index (χ4n) is 4.11. The molecule has 1 N–H and O–H groups in total. The minimum absolute atomic E-state index is 0.835. The Morgan fingerprint density at radius 2 is 1.47 bits per heavy atom. The number of anilines is 2. The van der Waals surface area contributed by atoms with Gasteiger partial charge in [-0.1, -0.05) is 48.0 Å². The van der Waals surface area contributed by atoms with Gasteiger partial charge in [0.15, 0.2) is 5.82 Å². The molecule has 0 fully saturated rings. The Morgan fingerprint density at radius 1 is 0.833 bits per heavy atom. The van der Waals surface area contributed by atoms with Gasteiger partial charge >= 0.3 is 0 Å². The summed E-state index contributed by atoms with van der Waals surface area (Å²) in [6.45, 7) is 6.45. The molecule has 0 aliphatic rings. The molecule has 30 heavy (non-hydrogen) atoms. The van der Waals surface area contributed by atoms with Crippen LogP contribution in [-0.4, -0.2) is 24.1 Å². The SMILES string of the molecule is COc1ccc(-c2[nH]c(-c3ccccc3)nc2N(C)c2c(C)cc(C)cc2C)cc1. The average Bonchev–Trinajstić information content (AvgIpc) is 3.19. The quantitative estimate of drug-likeness (QED) is 0.421. The third-order valence-corrected chi connectivity index (χ3v) is 5.40. The van der Waals surface area contributed by atoms with E-state index in [0.29, 0.717) is 0 Å². The molecule has 0 saturated heterocycles. The van der Waals surface area contributed by atoms with Crippen molar-refractivity contribution in [2.45, 2.75) is 20.8 Å². The van der Waals surface area contributed by atoms with Crippen LogP contribution in [0.2, 0.25) is 0 Å². The van der Waals surface area contributed by atoms with Crippen LogP contribution in [0.3, 0.4) is 0 Å². The number of nitrogens with one attached hydrogen (secondary N) is 1. The van der Waals surface area contributed by atoms with E-state index < -0.39 is 0 Å². The van der Waals surface area contributed by atoms with E-state index in [2.05, 4.69) is 74.1 Å². The highest BCUT2D eigenvalue weighted by Gasteiger charge is 2.20. The maximum atomic E-state index is 5.33. The molecule has 1 heterocycles. The number of aryl methyl sites for hydroxylation is 3. The summed E-state index contributed by atoms with van der Waals surface area (Å²) >= 11 is 0. The molecule has 0 radical (unpaired) electrons. The zero-order valence-corrected chi connectivity index (χ0v) is 18.2. The highest BCUT2D eigenvalue weighted by molar-refractivity contribution is 5.82. The molecule has 152 valence electrons. The van der Waals surface area contributed by atoms with Crippen molar-refractivity contribution in [2.75, 3.05) is 19.1 Å². The van der Waals surface area contributed by atoms with E-state index in [1.165, 1.54) is 22.4 Å². The summed E-state index contributed by atoms with van der Waals surface area (Å²) in [6.07, 6.45) is 0. The molecule has 0 unspecified atom stereocenters. The largest absolute Gasteiger partial charge is 0.497 e. The van der Waals surface area contributed by atoms with E-state index in [0.717, 1.165) is 34.2 Å². The monoisotopic (exact) mass is 397 g/mol. The number of aromatic amines is 1. The number of nitrogens with zero attached hydrogens (tertiary/aromatic N) is 2. The van der Waals surface area contributed by atoms with Gasteiger partial charge in [0.1, 0.15) is 11.6 Å². The van der Waals surface area contributed by atoms with Crippen molar-refractivity contribution in [3.05, 3.63) is 83.4 Å². The molecule has 0 aliphatic carbocycles. The number of aromatic nitrogens is 2. The first-order chi connectivity index (χ1) is 14.5. The fourth-order valence-corrected chi connectivity index (χ4v) is 4.11. The smallest absolute Gasteiger partial charge is 0.159 e. The molecular weight excluding hydrogens is 370 g/mol. The lowest BCUT2D eigenvalue weighted by Gasteiger charge is -2.23. The van der Waals surface area contributed by atoms with Crippen molar-refractivity contribution >= 4 is 11.5 Å². The molecule has 1 aromatic heterocycles. The van der Waals surface area contributed by atoms with E-state index in [4.69, 9.17) is 9.72 Å². The van der Waals surface area contributed by atoms with Gasteiger partial charge in [0, 0.05) is 23.9 Å². The number of rotatable bonds is 5. The fraction of sp³-hybridized carbons (Fsp3) is 0.192. The predicted molar refractivity (Wildman–Crippen MR) is 125 cm³/mol. The van der Waals surface area contributed by atoms with Crippen LogP contribution in [0, 0.1) is 20.8 Å². The summed E-state index contributed by atoms with van der Waals surface area (Å²) in [7, 11) is 3.77. The lowest BCUT2D eigenvalue weighted by Crippen LogP contribution is -2.14. The van der Waals surface area contributed by atoms with Gasteiger partial charge in [-0.05, 0) is 56.2 Å². The third kappa shape index (κ3) is 3.69. The van der Waals surface area contributed by atoms with E-state index in [-0.39, 0.29) is 0 Å². The standard InChI is InChI=1S/C26H27N3O/c1-17-15-18(2)24(19(3)16-17)29(4)26-23(20-11-13-22(30-5)14-12-20)27-25(28-26)21-9-7-6-8-10-21/h6-16H,1-5H3,(H,27,28). The molecule has 4 rings (SSSR count). The van der Waals surface area contributed by atoms with Crippen LogP contribution in [-0.2, 0) is 0 Å². The number of hydrogen-bond donors (Lipinski definition) is 1. The first-order valence-electron chi connectivity index (χ1n) is 10.1. The van der Waals surface area contributed by atoms with Gasteiger partial charge in [0.2, 0.25) is 0 Å². The van der Waals surface area contributed by atoms with Gasteiger partial charge in [-0.15, -0.1) is 0 Å². The summed E-state index contributed by atoms with van der Waals surface area (Å²) in [4.78, 5) is 10.8. The number of methoxy groups -OCH3 is 1. The Bertz CT molecular complexity index is 1140. The molecule has 4 nitrogen and oxygen atoms in total. The minimum Gasteiger partial charge on any atom is -0.497 e. The topological polar surface area (TPSA) is 41.1 Å². The van der Waals surface area contributed by atoms with Gasteiger partial charge in [-0.2, -0.15) is 0 Å². The number of imidazole rings is 1. The first kappa shape index (κ1) is 19.8. The van der Waals surface area contributed by atoms with Gasteiger partial charge < -0.3 is 14.6 Å². The summed E-state index contributed by atoms with van der Waals surface area (Å²) in [6, 6.07) is 22.7. The van der Waals surface area contributed by atoms with Gasteiger partial charge in [-0.25, -0.2) is 4.98 Å². The molecule has 0 atom stereocenters. The molecule has 0 saturated carbocycles. The zero-order chi connectivity index (χ0) is 21.3. The summed E-state index contributed by atoms with van der Waals surface area (Å²) in [5, 5.41) is 0. The van der Waals surface area contributed by atoms with Crippen molar-refractivity contribution in [1.29, 1.82) is 0 Å². The zero-order valence-electron chi connectivity index (χ0n) is 18.2. The summed E-state index contributed by atoms with van der Waals surface area (Å²) in [5.41, 5.74) is 8.03. The predicted octanol–water partition coefficient (Wildman–Crippen LogP) is 6.45. The Kier molecular flexibility index (Phi) is 5.32. The van der Waals surface area contributed by atoms with Crippen molar-refractivity contribution in [1.82, 2.24) is 9.97 Å². The molecule has 3 aromatic carbocycles. The first-order valence-corrected chi connectivity index (χ1v) is 10.1. The lowest BCUT2D eigenvalue weighted by atomic mass is 10.0. The van der Waals surface area contributed by atoms with Crippen molar-refractivity contribution < 1.29 is 4.74 Å². The van der Waals surface area contributed by atoms with E-state index in [1.807, 2.05) is 30.3 Å². The Balaban J connectivity index is 1.88. The van der Waals surface area contributed by atoms with Gasteiger partial charge in [0.25, 0.3) is 0 Å². The van der Waals surface area contributed by atoms with Crippen LogP contribution in [0.25, 0.3) is 22.6 Å². The highest BCUT2D eigenvalue weighted by Crippen LogP contribution is 2.38. The van der Waals surface area contributed by atoms with Crippen molar-refractivity contribution in [3.8, 4) is 28.4 Å². The van der Waals surface area contributed by atoms with Crippen LogP contribution >= 0.6 is 0 Å². The Labute approximate surface area is 178 Å². The van der Waals surface area contributed by atoms with Crippen LogP contribution in [0.5, 0.6) is 5.75 Å². The Hall–Kier alpha value is -3.53. The number of ether oxygens (including phenoxy) is 1. The molecular formula is C26H27N3O. The molecule has 0 bridgehead atoms. The van der Waals surface area contributed by atoms with Gasteiger partial charge in [-0.3, -0.25) is 0 Å². The second-order valence-electron chi connectivity index (χ2n) is 7.68. The number of H-pyrrole nitrogens is 1. The average molecular weight is 398 g/mol. The van der Waals surface area contributed by atoms with E-state index in [1.54, 1.807) is 7.11 Å². The number of hydrogen-bond acceptors (Lipinski definition) is 3. The minimum atomic E-state index is 0.835. The van der Waals surface area contributed by atoms with Crippen molar-refractivity contribution in [3.63, 3.8) is 0 Å². The molecule has 4 heteroatoms. The molecule has 0 aliphatic heterocycles.